The van der Waals surface area contributed by atoms with Crippen LogP contribution in [0.25, 0.3) is 0 Å². The zero-order valence-corrected chi connectivity index (χ0v) is 12.3. The number of aliphatic hydroxyl groups is 1. The SMILES string of the molecule is CC1CCC(CO)(NC(=O)CCc2ccccc2)CC1. The van der Waals surface area contributed by atoms with Crippen LogP contribution in [0.2, 0.25) is 0 Å². The van der Waals surface area contributed by atoms with Crippen molar-refractivity contribution >= 4 is 5.91 Å². The monoisotopic (exact) mass is 275 g/mol. The van der Waals surface area contributed by atoms with E-state index in [2.05, 4.69) is 12.2 Å². The molecule has 0 bridgehead atoms. The summed E-state index contributed by atoms with van der Waals surface area (Å²) in [5, 5.41) is 12.7. The summed E-state index contributed by atoms with van der Waals surface area (Å²) in [7, 11) is 0. The minimum absolute atomic E-state index is 0.0524. The molecule has 3 nitrogen and oxygen atoms in total. The smallest absolute Gasteiger partial charge is 0.220 e. The van der Waals surface area contributed by atoms with Crippen LogP contribution in [0.15, 0.2) is 30.3 Å². The molecule has 0 atom stereocenters. The van der Waals surface area contributed by atoms with Gasteiger partial charge >= 0.3 is 0 Å². The van der Waals surface area contributed by atoms with Gasteiger partial charge < -0.3 is 10.4 Å². The minimum atomic E-state index is -0.375. The van der Waals surface area contributed by atoms with Crippen molar-refractivity contribution in [3.63, 3.8) is 0 Å². The molecule has 1 aliphatic rings. The van der Waals surface area contributed by atoms with Gasteiger partial charge in [-0.15, -0.1) is 0 Å². The molecule has 1 aromatic rings. The second-order valence-corrected chi connectivity index (χ2v) is 6.15. The predicted molar refractivity (Wildman–Crippen MR) is 80.4 cm³/mol. The first kappa shape index (κ1) is 15.0. The number of amides is 1. The number of rotatable bonds is 5. The van der Waals surface area contributed by atoms with Crippen LogP contribution >= 0.6 is 0 Å². The molecule has 3 heteroatoms. The average Bonchev–Trinajstić information content (AvgIpc) is 2.49. The van der Waals surface area contributed by atoms with E-state index in [1.165, 1.54) is 5.56 Å². The number of carbonyl (C=O) groups excluding carboxylic acids is 1. The highest BCUT2D eigenvalue weighted by atomic mass is 16.3. The number of benzene rings is 1. The van der Waals surface area contributed by atoms with Gasteiger partial charge in [0.25, 0.3) is 0 Å². The van der Waals surface area contributed by atoms with Crippen LogP contribution in [-0.2, 0) is 11.2 Å². The Morgan fingerprint density at radius 2 is 1.95 bits per heavy atom. The molecule has 1 amide bonds. The summed E-state index contributed by atoms with van der Waals surface area (Å²) < 4.78 is 0. The molecule has 1 saturated carbocycles. The first-order valence-corrected chi connectivity index (χ1v) is 7.59. The Labute approximate surface area is 121 Å². The third kappa shape index (κ3) is 4.07. The largest absolute Gasteiger partial charge is 0.394 e. The molecule has 1 aliphatic carbocycles. The van der Waals surface area contributed by atoms with E-state index in [0.717, 1.165) is 32.1 Å². The summed E-state index contributed by atoms with van der Waals surface area (Å²) in [6, 6.07) is 10.0. The average molecular weight is 275 g/mol. The number of hydrogen-bond acceptors (Lipinski definition) is 2. The molecule has 0 aromatic heterocycles. The quantitative estimate of drug-likeness (QED) is 0.868. The maximum absolute atomic E-state index is 12.1. The van der Waals surface area contributed by atoms with E-state index in [0.29, 0.717) is 12.3 Å². The third-order valence-corrected chi connectivity index (χ3v) is 4.42. The minimum Gasteiger partial charge on any atom is -0.394 e. The molecule has 20 heavy (non-hydrogen) atoms. The molecule has 0 spiro atoms. The second-order valence-electron chi connectivity index (χ2n) is 6.15. The highest BCUT2D eigenvalue weighted by Gasteiger charge is 2.34. The van der Waals surface area contributed by atoms with Crippen LogP contribution in [0.4, 0.5) is 0 Å². The standard InChI is InChI=1S/C17H25NO2/c1-14-9-11-17(13-19,12-10-14)18-16(20)8-7-15-5-3-2-4-6-15/h2-6,14,19H,7-13H2,1H3,(H,18,20). The molecule has 2 N–H and O–H groups in total. The van der Waals surface area contributed by atoms with Crippen LogP contribution in [0.3, 0.4) is 0 Å². The number of aliphatic hydroxyl groups excluding tert-OH is 1. The van der Waals surface area contributed by atoms with Crippen molar-refractivity contribution in [2.24, 2.45) is 5.92 Å². The van der Waals surface area contributed by atoms with Crippen LogP contribution in [0.1, 0.15) is 44.6 Å². The first-order chi connectivity index (χ1) is 9.63. The summed E-state index contributed by atoms with van der Waals surface area (Å²) in [5.74, 6) is 0.758. The fourth-order valence-electron chi connectivity index (χ4n) is 2.90. The highest BCUT2D eigenvalue weighted by Crippen LogP contribution is 2.31. The van der Waals surface area contributed by atoms with Crippen molar-refractivity contribution in [3.05, 3.63) is 35.9 Å². The van der Waals surface area contributed by atoms with Crippen molar-refractivity contribution in [1.82, 2.24) is 5.32 Å². The molecule has 0 saturated heterocycles. The molecule has 110 valence electrons. The molecular formula is C17H25NO2. The highest BCUT2D eigenvalue weighted by molar-refractivity contribution is 5.77. The molecule has 0 heterocycles. The van der Waals surface area contributed by atoms with Crippen LogP contribution < -0.4 is 5.32 Å². The Kier molecular flexibility index (Phi) is 5.18. The molecular weight excluding hydrogens is 250 g/mol. The van der Waals surface area contributed by atoms with Crippen molar-refractivity contribution < 1.29 is 9.90 Å². The van der Waals surface area contributed by atoms with Gasteiger partial charge in [-0.05, 0) is 43.6 Å². The summed E-state index contributed by atoms with van der Waals surface area (Å²) in [6.45, 7) is 2.29. The van der Waals surface area contributed by atoms with E-state index in [1.54, 1.807) is 0 Å². The summed E-state index contributed by atoms with van der Waals surface area (Å²) in [5.41, 5.74) is 0.804. The molecule has 1 fully saturated rings. The van der Waals surface area contributed by atoms with Gasteiger partial charge in [0.2, 0.25) is 5.91 Å². The summed E-state index contributed by atoms with van der Waals surface area (Å²) in [6.07, 6.45) is 5.19. The Morgan fingerprint density at radius 3 is 2.55 bits per heavy atom. The fourth-order valence-corrected chi connectivity index (χ4v) is 2.90. The number of aryl methyl sites for hydroxylation is 1. The van der Waals surface area contributed by atoms with Gasteiger partial charge in [0.1, 0.15) is 0 Å². The van der Waals surface area contributed by atoms with Gasteiger partial charge in [-0.2, -0.15) is 0 Å². The maximum atomic E-state index is 12.1. The first-order valence-electron chi connectivity index (χ1n) is 7.59. The predicted octanol–water partition coefficient (Wildman–Crippen LogP) is 2.68. The summed E-state index contributed by atoms with van der Waals surface area (Å²) in [4.78, 5) is 12.1. The lowest BCUT2D eigenvalue weighted by Crippen LogP contribution is -2.53. The normalized spacial score (nSPS) is 26.2. The van der Waals surface area contributed by atoms with E-state index < -0.39 is 0 Å². The zero-order valence-electron chi connectivity index (χ0n) is 12.3. The van der Waals surface area contributed by atoms with Gasteiger partial charge in [-0.3, -0.25) is 4.79 Å². The van der Waals surface area contributed by atoms with Crippen molar-refractivity contribution in [2.45, 2.75) is 51.0 Å². The maximum Gasteiger partial charge on any atom is 0.220 e. The summed E-state index contributed by atoms with van der Waals surface area (Å²) >= 11 is 0. The molecule has 0 unspecified atom stereocenters. The van der Waals surface area contributed by atoms with E-state index in [4.69, 9.17) is 0 Å². The lowest BCUT2D eigenvalue weighted by molar-refractivity contribution is -0.124. The van der Waals surface area contributed by atoms with Gasteiger partial charge in [-0.1, -0.05) is 37.3 Å². The Morgan fingerprint density at radius 1 is 1.30 bits per heavy atom. The number of nitrogens with one attached hydrogen (secondary N) is 1. The number of hydrogen-bond donors (Lipinski definition) is 2. The van der Waals surface area contributed by atoms with Crippen molar-refractivity contribution in [2.75, 3.05) is 6.61 Å². The van der Waals surface area contributed by atoms with Gasteiger partial charge in [0.05, 0.1) is 12.1 Å². The van der Waals surface area contributed by atoms with E-state index in [-0.39, 0.29) is 18.1 Å². The second kappa shape index (κ2) is 6.89. The topological polar surface area (TPSA) is 49.3 Å². The van der Waals surface area contributed by atoms with Crippen LogP contribution in [0, 0.1) is 5.92 Å². The van der Waals surface area contributed by atoms with E-state index in [1.807, 2.05) is 30.3 Å². The lowest BCUT2D eigenvalue weighted by Gasteiger charge is -2.38. The number of carbonyl (C=O) groups is 1. The Hall–Kier alpha value is -1.35. The van der Waals surface area contributed by atoms with Crippen LogP contribution in [0.5, 0.6) is 0 Å². The van der Waals surface area contributed by atoms with Crippen LogP contribution in [-0.4, -0.2) is 23.2 Å². The molecule has 2 rings (SSSR count). The molecule has 1 aromatic carbocycles. The van der Waals surface area contributed by atoms with Crippen molar-refractivity contribution in [3.8, 4) is 0 Å². The van der Waals surface area contributed by atoms with Gasteiger partial charge in [-0.25, -0.2) is 0 Å². The van der Waals surface area contributed by atoms with Gasteiger partial charge in [0.15, 0.2) is 0 Å². The zero-order chi connectivity index (χ0) is 14.4. The molecule has 0 aliphatic heterocycles. The molecule has 0 radical (unpaired) electrons. The lowest BCUT2D eigenvalue weighted by atomic mass is 9.77. The third-order valence-electron chi connectivity index (χ3n) is 4.42. The van der Waals surface area contributed by atoms with Gasteiger partial charge in [0, 0.05) is 6.42 Å². The Balaban J connectivity index is 1.83. The van der Waals surface area contributed by atoms with E-state index >= 15 is 0 Å². The van der Waals surface area contributed by atoms with Crippen molar-refractivity contribution in [1.29, 1.82) is 0 Å². The Bertz CT molecular complexity index is 422. The van der Waals surface area contributed by atoms with E-state index in [9.17, 15) is 9.90 Å². The fraction of sp³-hybridized carbons (Fsp3) is 0.588.